The van der Waals surface area contributed by atoms with E-state index >= 15 is 0 Å². The molecule has 9 heteroatoms. The summed E-state index contributed by atoms with van der Waals surface area (Å²) in [7, 11) is 0. The number of aromatic nitrogens is 2. The van der Waals surface area contributed by atoms with Crippen molar-refractivity contribution in [1.29, 1.82) is 0 Å². The van der Waals surface area contributed by atoms with Crippen molar-refractivity contribution in [3.63, 3.8) is 0 Å². The Morgan fingerprint density at radius 3 is 2.85 bits per heavy atom. The number of nitrogens with zero attached hydrogens (tertiary/aromatic N) is 1. The van der Waals surface area contributed by atoms with E-state index in [1.54, 1.807) is 24.4 Å². The Kier molecular flexibility index (Phi) is 5.19. The molecule has 0 aliphatic rings. The summed E-state index contributed by atoms with van der Waals surface area (Å²) < 4.78 is 5.27. The largest absolute Gasteiger partial charge is 0.453 e. The molecule has 1 atom stereocenters. The van der Waals surface area contributed by atoms with Gasteiger partial charge in [-0.2, -0.15) is 0 Å². The van der Waals surface area contributed by atoms with Crippen molar-refractivity contribution in [3.8, 4) is 0 Å². The topological polar surface area (TPSA) is 101 Å². The maximum absolute atomic E-state index is 12.3. The van der Waals surface area contributed by atoms with Crippen molar-refractivity contribution < 1.29 is 14.3 Å². The third-order valence-corrected chi connectivity index (χ3v) is 5.86. The van der Waals surface area contributed by atoms with Gasteiger partial charge in [0.2, 0.25) is 0 Å². The average Bonchev–Trinajstić information content (AvgIpc) is 3.22. The monoisotopic (exact) mass is 391 g/mol. The van der Waals surface area contributed by atoms with Crippen LogP contribution in [0.15, 0.2) is 22.3 Å². The molecular weight excluding hydrogens is 374 g/mol. The van der Waals surface area contributed by atoms with Gasteiger partial charge in [-0.3, -0.25) is 14.4 Å². The first-order chi connectivity index (χ1) is 12.4. The molecule has 1 amide bonds. The zero-order valence-electron chi connectivity index (χ0n) is 14.4. The molecule has 0 spiro atoms. The standard InChI is InChI=1S/C17H17N3O4S2/c1-8-10(3)26-17-13(8)16(23)19-14(20-17)9(2)24-12(21)7-18-15(22)11-5-4-6-25-11/h4-6,9H,7H2,1-3H3,(H,18,22)(H,19,20,23)/t9-/m0/s1. The molecule has 0 aliphatic carbocycles. The van der Waals surface area contributed by atoms with Crippen molar-refractivity contribution in [2.75, 3.05) is 6.54 Å². The fourth-order valence-electron chi connectivity index (χ4n) is 2.41. The van der Waals surface area contributed by atoms with Crippen LogP contribution in [0.2, 0.25) is 0 Å². The molecule has 0 saturated carbocycles. The third kappa shape index (κ3) is 3.68. The van der Waals surface area contributed by atoms with Gasteiger partial charge in [-0.15, -0.1) is 22.7 Å². The van der Waals surface area contributed by atoms with Gasteiger partial charge < -0.3 is 15.0 Å². The smallest absolute Gasteiger partial charge is 0.326 e. The van der Waals surface area contributed by atoms with E-state index in [1.807, 2.05) is 13.8 Å². The van der Waals surface area contributed by atoms with Crippen LogP contribution in [-0.2, 0) is 9.53 Å². The molecule has 7 nitrogen and oxygen atoms in total. The fourth-order valence-corrected chi connectivity index (χ4v) is 4.08. The van der Waals surface area contributed by atoms with Gasteiger partial charge in [-0.05, 0) is 37.8 Å². The summed E-state index contributed by atoms with van der Waals surface area (Å²) in [6.45, 7) is 5.17. The van der Waals surface area contributed by atoms with Crippen LogP contribution >= 0.6 is 22.7 Å². The highest BCUT2D eigenvalue weighted by molar-refractivity contribution is 7.18. The predicted octanol–water partition coefficient (Wildman–Crippen LogP) is 2.70. The Labute approximate surface area is 157 Å². The van der Waals surface area contributed by atoms with Gasteiger partial charge in [0.1, 0.15) is 11.4 Å². The molecule has 26 heavy (non-hydrogen) atoms. The maximum Gasteiger partial charge on any atom is 0.326 e. The molecule has 3 aromatic rings. The number of thiophene rings is 2. The van der Waals surface area contributed by atoms with E-state index in [9.17, 15) is 14.4 Å². The number of fused-ring (bicyclic) bond motifs is 1. The van der Waals surface area contributed by atoms with Gasteiger partial charge in [0, 0.05) is 4.88 Å². The fraction of sp³-hybridized carbons (Fsp3) is 0.294. The molecule has 3 aromatic heterocycles. The maximum atomic E-state index is 12.3. The zero-order chi connectivity index (χ0) is 18.8. The molecule has 0 aromatic carbocycles. The van der Waals surface area contributed by atoms with Crippen LogP contribution in [0.4, 0.5) is 0 Å². The van der Waals surface area contributed by atoms with Crippen molar-refractivity contribution in [3.05, 3.63) is 49.0 Å². The molecule has 0 radical (unpaired) electrons. The summed E-state index contributed by atoms with van der Waals surface area (Å²) in [6, 6.07) is 3.43. The summed E-state index contributed by atoms with van der Waals surface area (Å²) >= 11 is 2.72. The van der Waals surface area contributed by atoms with Gasteiger partial charge in [-0.1, -0.05) is 6.07 Å². The van der Waals surface area contributed by atoms with Crippen LogP contribution in [0.3, 0.4) is 0 Å². The Hall–Kier alpha value is -2.52. The number of rotatable bonds is 5. The molecule has 2 N–H and O–H groups in total. The first kappa shape index (κ1) is 18.3. The lowest BCUT2D eigenvalue weighted by Crippen LogP contribution is -2.31. The number of carbonyl (C=O) groups excluding carboxylic acids is 2. The molecule has 0 aliphatic heterocycles. The lowest BCUT2D eigenvalue weighted by atomic mass is 10.2. The highest BCUT2D eigenvalue weighted by Crippen LogP contribution is 2.26. The quantitative estimate of drug-likeness (QED) is 0.651. The van der Waals surface area contributed by atoms with Crippen LogP contribution in [0.25, 0.3) is 10.2 Å². The van der Waals surface area contributed by atoms with Crippen molar-refractivity contribution in [1.82, 2.24) is 15.3 Å². The number of amides is 1. The van der Waals surface area contributed by atoms with E-state index < -0.39 is 12.1 Å². The first-order valence-corrected chi connectivity index (χ1v) is 9.57. The Balaban J connectivity index is 1.67. The number of hydrogen-bond acceptors (Lipinski definition) is 7. The highest BCUT2D eigenvalue weighted by Gasteiger charge is 2.18. The van der Waals surface area contributed by atoms with Crippen molar-refractivity contribution in [2.45, 2.75) is 26.9 Å². The van der Waals surface area contributed by atoms with Crippen LogP contribution in [0, 0.1) is 13.8 Å². The number of nitrogens with one attached hydrogen (secondary N) is 2. The number of ether oxygens (including phenoxy) is 1. The van der Waals surface area contributed by atoms with Gasteiger partial charge >= 0.3 is 5.97 Å². The summed E-state index contributed by atoms with van der Waals surface area (Å²) in [5.41, 5.74) is 0.659. The summed E-state index contributed by atoms with van der Waals surface area (Å²) in [5, 5.41) is 4.85. The summed E-state index contributed by atoms with van der Waals surface area (Å²) in [6.07, 6.45) is -0.735. The molecule has 0 fully saturated rings. The Morgan fingerprint density at radius 1 is 1.38 bits per heavy atom. The average molecular weight is 391 g/mol. The number of carbonyl (C=O) groups is 2. The first-order valence-electron chi connectivity index (χ1n) is 7.88. The van der Waals surface area contributed by atoms with Crippen LogP contribution in [0.1, 0.15) is 39.0 Å². The molecule has 0 unspecified atom stereocenters. The third-order valence-electron chi connectivity index (χ3n) is 3.89. The zero-order valence-corrected chi connectivity index (χ0v) is 16.0. The minimum Gasteiger partial charge on any atom is -0.453 e. The second-order valence-corrected chi connectivity index (χ2v) is 7.86. The van der Waals surface area contributed by atoms with Crippen LogP contribution < -0.4 is 10.9 Å². The minimum atomic E-state index is -0.735. The lowest BCUT2D eigenvalue weighted by Gasteiger charge is -2.12. The number of aromatic amines is 1. The second kappa shape index (κ2) is 7.38. The number of hydrogen-bond donors (Lipinski definition) is 2. The summed E-state index contributed by atoms with van der Waals surface area (Å²) in [4.78, 5) is 45.3. The van der Waals surface area contributed by atoms with E-state index in [-0.39, 0.29) is 23.8 Å². The minimum absolute atomic E-state index is 0.249. The van der Waals surface area contributed by atoms with Gasteiger partial charge in [0.05, 0.1) is 10.3 Å². The predicted molar refractivity (Wildman–Crippen MR) is 101 cm³/mol. The van der Waals surface area contributed by atoms with E-state index in [0.717, 1.165) is 10.4 Å². The SMILES string of the molecule is Cc1sc2nc([C@H](C)OC(=O)CNC(=O)c3cccs3)[nH]c(=O)c2c1C. The molecule has 3 rings (SSSR count). The second-order valence-electron chi connectivity index (χ2n) is 5.71. The van der Waals surface area contributed by atoms with E-state index in [0.29, 0.717) is 15.1 Å². The van der Waals surface area contributed by atoms with Crippen LogP contribution in [-0.4, -0.2) is 28.4 Å². The molecular formula is C17H17N3O4S2. The van der Waals surface area contributed by atoms with Gasteiger partial charge in [0.15, 0.2) is 11.9 Å². The summed E-state index contributed by atoms with van der Waals surface area (Å²) in [5.74, 6) is -0.660. The van der Waals surface area contributed by atoms with Gasteiger partial charge in [0.25, 0.3) is 11.5 Å². The van der Waals surface area contributed by atoms with Crippen molar-refractivity contribution >= 4 is 44.8 Å². The van der Waals surface area contributed by atoms with E-state index in [2.05, 4.69) is 15.3 Å². The van der Waals surface area contributed by atoms with E-state index in [4.69, 9.17) is 4.74 Å². The van der Waals surface area contributed by atoms with Crippen molar-refractivity contribution in [2.24, 2.45) is 0 Å². The lowest BCUT2D eigenvalue weighted by molar-refractivity contribution is -0.147. The Bertz CT molecular complexity index is 1020. The number of aryl methyl sites for hydroxylation is 2. The molecule has 136 valence electrons. The molecule has 0 saturated heterocycles. The normalized spacial score (nSPS) is 12.1. The van der Waals surface area contributed by atoms with Crippen LogP contribution in [0.5, 0.6) is 0 Å². The van der Waals surface area contributed by atoms with E-state index in [1.165, 1.54) is 22.7 Å². The number of H-pyrrole nitrogens is 1. The Morgan fingerprint density at radius 2 is 2.15 bits per heavy atom. The number of esters is 1. The molecule has 0 bridgehead atoms. The van der Waals surface area contributed by atoms with Gasteiger partial charge in [-0.25, -0.2) is 4.98 Å². The highest BCUT2D eigenvalue weighted by atomic mass is 32.1. The molecule has 3 heterocycles.